The number of rotatable bonds is 7. The first-order valence-electron chi connectivity index (χ1n) is 7.83. The van der Waals surface area contributed by atoms with Crippen LogP contribution in [0.3, 0.4) is 0 Å². The Bertz CT molecular complexity index is 508. The second kappa shape index (κ2) is 10.7. The molecule has 0 saturated heterocycles. The van der Waals surface area contributed by atoms with Gasteiger partial charge in [0, 0.05) is 11.4 Å². The Morgan fingerprint density at radius 3 is 2.52 bits per heavy atom. The highest BCUT2D eigenvalue weighted by atomic mass is 32.2. The minimum atomic E-state index is 0.690. The molecule has 116 valence electrons. The van der Waals surface area contributed by atoms with Gasteiger partial charge in [-0.2, -0.15) is 0 Å². The third-order valence-electron chi connectivity index (χ3n) is 3.25. The van der Waals surface area contributed by atoms with Crippen LogP contribution < -0.4 is 10.0 Å². The molecule has 0 fully saturated rings. The fourth-order valence-electron chi connectivity index (χ4n) is 2.04. The van der Waals surface area contributed by atoms with Gasteiger partial charge in [0.25, 0.3) is 0 Å². The highest BCUT2D eigenvalue weighted by Crippen LogP contribution is 2.25. The summed E-state index contributed by atoms with van der Waals surface area (Å²) < 4.78 is 3.49. The van der Waals surface area contributed by atoms with Crippen LogP contribution in [0.5, 0.6) is 0 Å². The van der Waals surface area contributed by atoms with Gasteiger partial charge in [-0.1, -0.05) is 57.2 Å². The summed E-state index contributed by atoms with van der Waals surface area (Å²) in [7, 11) is 2.00. The van der Waals surface area contributed by atoms with Crippen LogP contribution in [-0.2, 0) is 0 Å². The first-order valence-corrected chi connectivity index (χ1v) is 8.65. The summed E-state index contributed by atoms with van der Waals surface area (Å²) in [5.74, 6) is 0.690. The molecule has 0 aliphatic carbocycles. The summed E-state index contributed by atoms with van der Waals surface area (Å²) >= 11 is 1.74. The Morgan fingerprint density at radius 1 is 1.05 bits per heavy atom. The molecular weight excluding hydrogens is 276 g/mol. The van der Waals surface area contributed by atoms with Crippen molar-refractivity contribution in [2.45, 2.75) is 32.1 Å². The van der Waals surface area contributed by atoms with Gasteiger partial charge in [-0.05, 0) is 54.7 Å². The van der Waals surface area contributed by atoms with Gasteiger partial charge >= 0.3 is 0 Å². The third kappa shape index (κ3) is 6.08. The van der Waals surface area contributed by atoms with Gasteiger partial charge in [0.1, 0.15) is 0 Å². The van der Waals surface area contributed by atoms with E-state index in [-0.39, 0.29) is 0 Å². The molecule has 21 heavy (non-hydrogen) atoms. The molecule has 2 aromatic rings. The van der Waals surface area contributed by atoms with Crippen LogP contribution in [0.15, 0.2) is 47.4 Å². The van der Waals surface area contributed by atoms with Crippen LogP contribution in [0.25, 0.3) is 10.8 Å². The van der Waals surface area contributed by atoms with E-state index in [9.17, 15) is 0 Å². The maximum Gasteiger partial charge on any atom is 0.0306 e. The molecule has 0 spiro atoms. The van der Waals surface area contributed by atoms with Crippen molar-refractivity contribution >= 4 is 22.7 Å². The highest BCUT2D eigenvalue weighted by Gasteiger charge is 2.03. The Kier molecular flexibility index (Phi) is 9.15. The lowest BCUT2D eigenvalue weighted by atomic mass is 10.1. The van der Waals surface area contributed by atoms with Gasteiger partial charge in [-0.25, -0.2) is 0 Å². The Morgan fingerprint density at radius 2 is 1.76 bits per heavy atom. The molecule has 0 amide bonds. The van der Waals surface area contributed by atoms with Crippen molar-refractivity contribution in [3.63, 3.8) is 0 Å². The lowest BCUT2D eigenvalue weighted by Gasteiger charge is -2.12. The van der Waals surface area contributed by atoms with Crippen LogP contribution in [0.1, 0.15) is 27.2 Å². The second-order valence-corrected chi connectivity index (χ2v) is 5.86. The Labute approximate surface area is 133 Å². The first kappa shape index (κ1) is 18.0. The van der Waals surface area contributed by atoms with Crippen molar-refractivity contribution in [1.82, 2.24) is 10.0 Å². The molecule has 0 bridgehead atoms. The number of benzene rings is 2. The SMILES string of the molecule is CC.CNCCC(C)CNSc1cccc2ccccc12. The zero-order valence-electron chi connectivity index (χ0n) is 13.6. The van der Waals surface area contributed by atoms with E-state index in [0.717, 1.165) is 13.1 Å². The molecule has 3 heteroatoms. The van der Waals surface area contributed by atoms with E-state index >= 15 is 0 Å². The van der Waals surface area contributed by atoms with Crippen LogP contribution in [-0.4, -0.2) is 20.1 Å². The molecule has 0 saturated carbocycles. The molecule has 0 aromatic heterocycles. The molecular formula is C18H28N2S. The monoisotopic (exact) mass is 304 g/mol. The lowest BCUT2D eigenvalue weighted by molar-refractivity contribution is 0.515. The molecule has 0 radical (unpaired) electrons. The number of hydrogen-bond donors (Lipinski definition) is 2. The average molecular weight is 305 g/mol. The van der Waals surface area contributed by atoms with Crippen LogP contribution in [0.2, 0.25) is 0 Å². The number of fused-ring (bicyclic) bond motifs is 1. The molecule has 2 rings (SSSR count). The van der Waals surface area contributed by atoms with Crippen molar-refractivity contribution < 1.29 is 0 Å². The third-order valence-corrected chi connectivity index (χ3v) is 4.14. The van der Waals surface area contributed by atoms with E-state index in [1.165, 1.54) is 22.1 Å². The normalized spacial score (nSPS) is 11.8. The van der Waals surface area contributed by atoms with Gasteiger partial charge in [0.15, 0.2) is 0 Å². The van der Waals surface area contributed by atoms with E-state index < -0.39 is 0 Å². The summed E-state index contributed by atoms with van der Waals surface area (Å²) in [6, 6.07) is 15.0. The highest BCUT2D eigenvalue weighted by molar-refractivity contribution is 7.97. The summed E-state index contributed by atoms with van der Waals surface area (Å²) in [5.41, 5.74) is 0. The van der Waals surface area contributed by atoms with E-state index in [2.05, 4.69) is 59.4 Å². The molecule has 0 aliphatic heterocycles. The van der Waals surface area contributed by atoms with E-state index in [4.69, 9.17) is 0 Å². The summed E-state index contributed by atoms with van der Waals surface area (Å²) in [6.45, 7) is 8.41. The molecule has 2 nitrogen and oxygen atoms in total. The topological polar surface area (TPSA) is 24.1 Å². The maximum absolute atomic E-state index is 3.49. The quantitative estimate of drug-likeness (QED) is 0.725. The molecule has 2 aromatic carbocycles. The van der Waals surface area contributed by atoms with Crippen LogP contribution in [0.4, 0.5) is 0 Å². The smallest absolute Gasteiger partial charge is 0.0306 e. The number of hydrogen-bond acceptors (Lipinski definition) is 3. The van der Waals surface area contributed by atoms with Gasteiger partial charge in [-0.3, -0.25) is 4.72 Å². The van der Waals surface area contributed by atoms with Crippen molar-refractivity contribution in [2.24, 2.45) is 5.92 Å². The summed E-state index contributed by atoms with van der Waals surface area (Å²) in [4.78, 5) is 1.30. The molecule has 0 aliphatic rings. The van der Waals surface area contributed by atoms with E-state index in [1.54, 1.807) is 11.9 Å². The minimum absolute atomic E-state index is 0.690. The van der Waals surface area contributed by atoms with Crippen LogP contribution >= 0.6 is 11.9 Å². The van der Waals surface area contributed by atoms with Gasteiger partial charge in [0.05, 0.1) is 0 Å². The zero-order valence-corrected chi connectivity index (χ0v) is 14.5. The average Bonchev–Trinajstić information content (AvgIpc) is 2.55. The summed E-state index contributed by atoms with van der Waals surface area (Å²) in [5, 5.41) is 5.82. The van der Waals surface area contributed by atoms with Crippen molar-refractivity contribution in [1.29, 1.82) is 0 Å². The lowest BCUT2D eigenvalue weighted by Crippen LogP contribution is -2.19. The predicted octanol–water partition coefficient (Wildman–Crippen LogP) is 4.71. The Balaban J connectivity index is 0.00000106. The fourth-order valence-corrected chi connectivity index (χ4v) is 3.00. The minimum Gasteiger partial charge on any atom is -0.320 e. The van der Waals surface area contributed by atoms with Crippen molar-refractivity contribution in [3.05, 3.63) is 42.5 Å². The summed E-state index contributed by atoms with van der Waals surface area (Å²) in [6.07, 6.45) is 1.21. The number of nitrogens with one attached hydrogen (secondary N) is 2. The van der Waals surface area contributed by atoms with Crippen LogP contribution in [0, 0.1) is 5.92 Å². The fraction of sp³-hybridized carbons (Fsp3) is 0.444. The standard InChI is InChI=1S/C16H22N2S.C2H6/c1-13(10-11-17-2)12-18-19-16-9-5-7-14-6-3-4-8-15(14)16;1-2/h3-9,13,17-18H,10-12H2,1-2H3;1-2H3. The zero-order chi connectivity index (χ0) is 15.5. The molecule has 1 unspecified atom stereocenters. The van der Waals surface area contributed by atoms with Crippen molar-refractivity contribution in [2.75, 3.05) is 20.1 Å². The molecule has 2 N–H and O–H groups in total. The van der Waals surface area contributed by atoms with E-state index in [1.807, 2.05) is 20.9 Å². The molecule has 1 atom stereocenters. The van der Waals surface area contributed by atoms with Gasteiger partial charge in [0.2, 0.25) is 0 Å². The Hall–Kier alpha value is -1.03. The van der Waals surface area contributed by atoms with Crippen molar-refractivity contribution in [3.8, 4) is 0 Å². The predicted molar refractivity (Wildman–Crippen MR) is 96.9 cm³/mol. The first-order chi connectivity index (χ1) is 10.3. The largest absolute Gasteiger partial charge is 0.320 e. The molecule has 0 heterocycles. The second-order valence-electron chi connectivity index (χ2n) is 4.93. The van der Waals surface area contributed by atoms with Gasteiger partial charge < -0.3 is 5.32 Å². The van der Waals surface area contributed by atoms with Gasteiger partial charge in [-0.15, -0.1) is 0 Å². The van der Waals surface area contributed by atoms with E-state index in [0.29, 0.717) is 5.92 Å². The maximum atomic E-state index is 3.49.